The highest BCUT2D eigenvalue weighted by molar-refractivity contribution is 6.42. The minimum Gasteiger partial charge on any atom is -0.381 e. The van der Waals surface area contributed by atoms with E-state index in [2.05, 4.69) is 5.32 Å². The maximum Gasteiger partial charge on any atom is 0.321 e. The van der Waals surface area contributed by atoms with E-state index in [9.17, 15) is 4.79 Å². The van der Waals surface area contributed by atoms with Crippen molar-refractivity contribution in [2.45, 2.75) is 18.9 Å². The number of likely N-dealkylation sites (tertiary alicyclic amines) is 1. The molecule has 0 saturated carbocycles. The second kappa shape index (κ2) is 6.46. The zero-order valence-corrected chi connectivity index (χ0v) is 12.2. The zero-order valence-electron chi connectivity index (χ0n) is 10.7. The van der Waals surface area contributed by atoms with E-state index in [4.69, 9.17) is 27.9 Å². The van der Waals surface area contributed by atoms with Crippen molar-refractivity contribution in [2.75, 3.05) is 25.5 Å². The summed E-state index contributed by atoms with van der Waals surface area (Å²) < 4.78 is 5.28. The van der Waals surface area contributed by atoms with Crippen molar-refractivity contribution in [2.24, 2.45) is 0 Å². The van der Waals surface area contributed by atoms with Crippen LogP contribution in [-0.2, 0) is 4.74 Å². The van der Waals surface area contributed by atoms with Crippen molar-refractivity contribution in [1.29, 1.82) is 0 Å². The molecule has 0 atom stereocenters. The molecule has 104 valence electrons. The van der Waals surface area contributed by atoms with Crippen LogP contribution in [0.2, 0.25) is 10.0 Å². The summed E-state index contributed by atoms with van der Waals surface area (Å²) in [6.07, 6.45) is 1.99. The summed E-state index contributed by atoms with van der Waals surface area (Å²) in [6, 6.07) is 4.92. The molecule has 1 heterocycles. The number of carbonyl (C=O) groups excluding carboxylic acids is 1. The number of nitrogens with zero attached hydrogens (tertiary/aromatic N) is 1. The molecule has 4 nitrogen and oxygen atoms in total. The number of hydrogen-bond acceptors (Lipinski definition) is 2. The number of hydrogen-bond donors (Lipinski definition) is 1. The molecule has 0 spiro atoms. The third-order valence-electron chi connectivity index (χ3n) is 3.23. The summed E-state index contributed by atoms with van der Waals surface area (Å²) in [6.45, 7) is 1.40. The van der Waals surface area contributed by atoms with Crippen LogP contribution in [0.1, 0.15) is 12.8 Å². The van der Waals surface area contributed by atoms with E-state index in [0.29, 0.717) is 28.8 Å². The molecule has 1 aromatic carbocycles. The fourth-order valence-corrected chi connectivity index (χ4v) is 2.37. The minimum absolute atomic E-state index is 0.118. The van der Waals surface area contributed by atoms with E-state index in [1.165, 1.54) is 0 Å². The van der Waals surface area contributed by atoms with Gasteiger partial charge in [0.15, 0.2) is 0 Å². The maximum absolute atomic E-state index is 12.1. The number of methoxy groups -OCH3 is 1. The van der Waals surface area contributed by atoms with E-state index in [1.807, 2.05) is 0 Å². The van der Waals surface area contributed by atoms with Crippen LogP contribution in [0, 0.1) is 0 Å². The molecule has 1 aromatic rings. The number of amides is 2. The van der Waals surface area contributed by atoms with Gasteiger partial charge >= 0.3 is 6.03 Å². The number of piperidine rings is 1. The van der Waals surface area contributed by atoms with Gasteiger partial charge < -0.3 is 15.0 Å². The molecule has 2 rings (SSSR count). The molecule has 6 heteroatoms. The number of halogens is 2. The first kappa shape index (κ1) is 14.4. The molecule has 0 radical (unpaired) electrons. The highest BCUT2D eigenvalue weighted by Gasteiger charge is 2.22. The van der Waals surface area contributed by atoms with Crippen molar-refractivity contribution < 1.29 is 9.53 Å². The van der Waals surface area contributed by atoms with Crippen LogP contribution in [0.25, 0.3) is 0 Å². The molecule has 1 aliphatic rings. The van der Waals surface area contributed by atoms with Gasteiger partial charge in [0.25, 0.3) is 0 Å². The third kappa shape index (κ3) is 3.75. The molecule has 0 unspecified atom stereocenters. The van der Waals surface area contributed by atoms with Gasteiger partial charge in [-0.1, -0.05) is 23.2 Å². The van der Waals surface area contributed by atoms with Crippen molar-refractivity contribution in [3.8, 4) is 0 Å². The molecule has 1 fully saturated rings. The first-order valence-electron chi connectivity index (χ1n) is 6.14. The number of nitrogens with one attached hydrogen (secondary N) is 1. The van der Waals surface area contributed by atoms with Gasteiger partial charge in [0.2, 0.25) is 0 Å². The number of benzene rings is 1. The van der Waals surface area contributed by atoms with Crippen LogP contribution in [-0.4, -0.2) is 37.2 Å². The molecule has 1 saturated heterocycles. The van der Waals surface area contributed by atoms with Gasteiger partial charge in [-0.15, -0.1) is 0 Å². The lowest BCUT2D eigenvalue weighted by atomic mass is 10.1. The maximum atomic E-state index is 12.1. The summed E-state index contributed by atoms with van der Waals surface area (Å²) in [5.74, 6) is 0. The van der Waals surface area contributed by atoms with Crippen molar-refractivity contribution in [3.05, 3.63) is 28.2 Å². The third-order valence-corrected chi connectivity index (χ3v) is 3.97. The van der Waals surface area contributed by atoms with Gasteiger partial charge in [-0.3, -0.25) is 0 Å². The Morgan fingerprint density at radius 2 is 2.00 bits per heavy atom. The molecule has 19 heavy (non-hydrogen) atoms. The molecule has 1 aliphatic heterocycles. The Labute approximate surface area is 122 Å². The SMILES string of the molecule is COC1CCN(C(=O)Nc2ccc(Cl)c(Cl)c2)CC1. The van der Waals surface area contributed by atoms with Crippen LogP contribution < -0.4 is 5.32 Å². The lowest BCUT2D eigenvalue weighted by Crippen LogP contribution is -2.42. The second-order valence-corrected chi connectivity index (χ2v) is 5.30. The number of anilines is 1. The molecule has 1 N–H and O–H groups in total. The molecule has 0 aliphatic carbocycles. The van der Waals surface area contributed by atoms with E-state index >= 15 is 0 Å². The summed E-state index contributed by atoms with van der Waals surface area (Å²) in [5.41, 5.74) is 0.647. The van der Waals surface area contributed by atoms with E-state index in [1.54, 1.807) is 30.2 Å². The summed E-state index contributed by atoms with van der Waals surface area (Å²) in [5, 5.41) is 3.72. The zero-order chi connectivity index (χ0) is 13.8. The Bertz CT molecular complexity index is 460. The summed E-state index contributed by atoms with van der Waals surface area (Å²) in [7, 11) is 1.70. The van der Waals surface area contributed by atoms with E-state index < -0.39 is 0 Å². The summed E-state index contributed by atoms with van der Waals surface area (Å²) in [4.78, 5) is 13.8. The molecular formula is C13H16Cl2N2O2. The smallest absolute Gasteiger partial charge is 0.321 e. The first-order chi connectivity index (χ1) is 9.10. The van der Waals surface area contributed by atoms with Crippen LogP contribution in [0.5, 0.6) is 0 Å². The Morgan fingerprint density at radius 3 is 2.58 bits per heavy atom. The van der Waals surface area contributed by atoms with E-state index in [-0.39, 0.29) is 12.1 Å². The van der Waals surface area contributed by atoms with E-state index in [0.717, 1.165) is 12.8 Å². The molecule has 0 aromatic heterocycles. The molecule has 0 bridgehead atoms. The Morgan fingerprint density at radius 1 is 1.32 bits per heavy atom. The standard InChI is InChI=1S/C13H16Cl2N2O2/c1-19-10-4-6-17(7-5-10)13(18)16-9-2-3-11(14)12(15)8-9/h2-3,8,10H,4-7H2,1H3,(H,16,18). The Balaban J connectivity index is 1.92. The van der Waals surface area contributed by atoms with Gasteiger partial charge in [0.05, 0.1) is 16.1 Å². The van der Waals surface area contributed by atoms with Crippen LogP contribution >= 0.6 is 23.2 Å². The average molecular weight is 303 g/mol. The lowest BCUT2D eigenvalue weighted by Gasteiger charge is -2.31. The van der Waals surface area contributed by atoms with Crippen molar-refractivity contribution in [1.82, 2.24) is 4.90 Å². The quantitative estimate of drug-likeness (QED) is 0.906. The van der Waals surface area contributed by atoms with Crippen LogP contribution in [0.4, 0.5) is 10.5 Å². The Kier molecular flexibility index (Phi) is 4.91. The largest absolute Gasteiger partial charge is 0.381 e. The van der Waals surface area contributed by atoms with Crippen molar-refractivity contribution >= 4 is 34.9 Å². The fourth-order valence-electron chi connectivity index (χ4n) is 2.07. The Hall–Kier alpha value is -0.970. The molecule has 2 amide bonds. The fraction of sp³-hybridized carbons (Fsp3) is 0.462. The minimum atomic E-state index is -0.118. The van der Waals surface area contributed by atoms with Crippen LogP contribution in [0.3, 0.4) is 0 Å². The number of ether oxygens (including phenoxy) is 1. The number of carbonyl (C=O) groups is 1. The van der Waals surface area contributed by atoms with Crippen LogP contribution in [0.15, 0.2) is 18.2 Å². The van der Waals surface area contributed by atoms with Gasteiger partial charge in [-0.05, 0) is 31.0 Å². The monoisotopic (exact) mass is 302 g/mol. The van der Waals surface area contributed by atoms with Gasteiger partial charge in [0.1, 0.15) is 0 Å². The molecular weight excluding hydrogens is 287 g/mol. The lowest BCUT2D eigenvalue weighted by molar-refractivity contribution is 0.0521. The normalized spacial score (nSPS) is 16.5. The number of urea groups is 1. The predicted octanol–water partition coefficient (Wildman–Crippen LogP) is 3.64. The first-order valence-corrected chi connectivity index (χ1v) is 6.89. The van der Waals surface area contributed by atoms with Gasteiger partial charge in [0, 0.05) is 25.9 Å². The van der Waals surface area contributed by atoms with Crippen molar-refractivity contribution in [3.63, 3.8) is 0 Å². The predicted molar refractivity (Wildman–Crippen MR) is 77.1 cm³/mol. The average Bonchev–Trinajstić information content (AvgIpc) is 2.43. The van der Waals surface area contributed by atoms with Gasteiger partial charge in [-0.2, -0.15) is 0 Å². The second-order valence-electron chi connectivity index (χ2n) is 4.48. The highest BCUT2D eigenvalue weighted by Crippen LogP contribution is 2.25. The number of rotatable bonds is 2. The topological polar surface area (TPSA) is 41.6 Å². The van der Waals surface area contributed by atoms with Gasteiger partial charge in [-0.25, -0.2) is 4.79 Å². The highest BCUT2D eigenvalue weighted by atomic mass is 35.5. The summed E-state index contributed by atoms with van der Waals surface area (Å²) >= 11 is 11.7.